The molecule has 0 heterocycles. The maximum absolute atomic E-state index is 5.86. The van der Waals surface area contributed by atoms with Gasteiger partial charge < -0.3 is 15.4 Å². The molecule has 0 radical (unpaired) electrons. The number of nitrogens with zero attached hydrogens (tertiary/aromatic N) is 1. The first kappa shape index (κ1) is 22.2. The van der Waals surface area contributed by atoms with Gasteiger partial charge in [0.1, 0.15) is 0 Å². The van der Waals surface area contributed by atoms with Crippen molar-refractivity contribution in [2.45, 2.75) is 52.7 Å². The number of hydrogen-bond donors (Lipinski definition) is 2. The van der Waals surface area contributed by atoms with Gasteiger partial charge in [-0.05, 0) is 39.2 Å². The lowest BCUT2D eigenvalue weighted by Crippen LogP contribution is -2.42. The average molecular weight is 433 g/mol. The maximum atomic E-state index is 5.86. The van der Waals surface area contributed by atoms with Crippen LogP contribution in [0.2, 0.25) is 0 Å². The number of guanidine groups is 1. The van der Waals surface area contributed by atoms with Crippen LogP contribution in [0.5, 0.6) is 0 Å². The Morgan fingerprint density at radius 3 is 2.48 bits per heavy atom. The van der Waals surface area contributed by atoms with Crippen LogP contribution in [0.15, 0.2) is 35.3 Å². The van der Waals surface area contributed by atoms with Gasteiger partial charge in [0.15, 0.2) is 5.96 Å². The molecule has 0 bridgehead atoms. The van der Waals surface area contributed by atoms with Crippen molar-refractivity contribution in [1.29, 1.82) is 0 Å². The second kappa shape index (κ2) is 13.6. The summed E-state index contributed by atoms with van der Waals surface area (Å²) in [6.07, 6.45) is 2.15. The zero-order chi connectivity index (χ0) is 16.2. The number of hydrogen-bond acceptors (Lipinski definition) is 2. The van der Waals surface area contributed by atoms with Crippen LogP contribution in [0.25, 0.3) is 0 Å². The number of rotatable bonds is 9. The second-order valence-electron chi connectivity index (χ2n) is 5.49. The monoisotopic (exact) mass is 433 g/mol. The first-order valence-corrected chi connectivity index (χ1v) is 8.38. The molecule has 0 fully saturated rings. The third kappa shape index (κ3) is 9.81. The first-order chi connectivity index (χ1) is 10.7. The van der Waals surface area contributed by atoms with Crippen molar-refractivity contribution in [2.24, 2.45) is 4.99 Å². The molecule has 2 atom stereocenters. The van der Waals surface area contributed by atoms with E-state index in [-0.39, 0.29) is 30.1 Å². The fourth-order valence-corrected chi connectivity index (χ4v) is 1.99. The van der Waals surface area contributed by atoms with Gasteiger partial charge in [0.2, 0.25) is 0 Å². The van der Waals surface area contributed by atoms with E-state index in [4.69, 9.17) is 4.74 Å². The van der Waals surface area contributed by atoms with Crippen molar-refractivity contribution in [1.82, 2.24) is 10.6 Å². The molecule has 0 aliphatic heterocycles. The number of aliphatic imine (C=N–C) groups is 1. The molecule has 4 nitrogen and oxygen atoms in total. The van der Waals surface area contributed by atoms with Gasteiger partial charge in [-0.15, -0.1) is 24.0 Å². The summed E-state index contributed by atoms with van der Waals surface area (Å²) in [4.78, 5) is 4.59. The lowest BCUT2D eigenvalue weighted by atomic mass is 10.1. The molecule has 1 rings (SSSR count). The summed E-state index contributed by atoms with van der Waals surface area (Å²) >= 11 is 0. The van der Waals surface area contributed by atoms with Crippen molar-refractivity contribution >= 4 is 29.9 Å². The Labute approximate surface area is 158 Å². The number of benzene rings is 1. The van der Waals surface area contributed by atoms with E-state index in [2.05, 4.69) is 55.5 Å². The highest BCUT2D eigenvalue weighted by Crippen LogP contribution is 2.15. The molecule has 1 aromatic carbocycles. The Bertz CT molecular complexity index is 426. The van der Waals surface area contributed by atoms with Crippen LogP contribution < -0.4 is 10.6 Å². The Morgan fingerprint density at radius 1 is 1.17 bits per heavy atom. The number of halogens is 1. The highest BCUT2D eigenvalue weighted by Gasteiger charge is 2.04. The summed E-state index contributed by atoms with van der Waals surface area (Å²) in [6, 6.07) is 10.7. The zero-order valence-corrected chi connectivity index (χ0v) is 17.2. The van der Waals surface area contributed by atoms with E-state index in [9.17, 15) is 0 Å². The molecule has 0 amide bonds. The van der Waals surface area contributed by atoms with Crippen molar-refractivity contribution in [2.75, 3.05) is 19.7 Å². The van der Waals surface area contributed by atoms with Gasteiger partial charge in [-0.1, -0.05) is 37.3 Å². The number of nitrogens with one attached hydrogen (secondary N) is 2. The van der Waals surface area contributed by atoms with Crippen molar-refractivity contribution in [3.8, 4) is 0 Å². The van der Waals surface area contributed by atoms with Gasteiger partial charge in [-0.2, -0.15) is 0 Å². The van der Waals surface area contributed by atoms with Gasteiger partial charge in [0, 0.05) is 25.7 Å². The van der Waals surface area contributed by atoms with Crippen LogP contribution in [0, 0.1) is 0 Å². The van der Waals surface area contributed by atoms with Crippen LogP contribution >= 0.6 is 24.0 Å². The Kier molecular flexibility index (Phi) is 13.1. The third-order valence-electron chi connectivity index (χ3n) is 3.55. The van der Waals surface area contributed by atoms with Crippen LogP contribution in [-0.4, -0.2) is 31.7 Å². The minimum atomic E-state index is 0. The normalized spacial score (nSPS) is 13.8. The predicted octanol–water partition coefficient (Wildman–Crippen LogP) is 4.13. The van der Waals surface area contributed by atoms with E-state index in [1.165, 1.54) is 5.56 Å². The van der Waals surface area contributed by atoms with Crippen molar-refractivity contribution < 1.29 is 4.74 Å². The van der Waals surface area contributed by atoms with Gasteiger partial charge >= 0.3 is 0 Å². The van der Waals surface area contributed by atoms with E-state index in [0.717, 1.165) is 38.5 Å². The SMILES string of the molecule is CCNC(=NCCCOC(C)c1ccccc1)NC(C)CC.I. The van der Waals surface area contributed by atoms with Gasteiger partial charge in [-0.25, -0.2) is 0 Å². The van der Waals surface area contributed by atoms with Crippen LogP contribution in [0.4, 0.5) is 0 Å². The Morgan fingerprint density at radius 2 is 1.87 bits per heavy atom. The van der Waals surface area contributed by atoms with E-state index < -0.39 is 0 Å². The standard InChI is InChI=1S/C18H31N3O.HI/c1-5-15(3)21-18(19-6-2)20-13-10-14-22-16(4)17-11-8-7-9-12-17;/h7-9,11-12,15-16H,5-6,10,13-14H2,1-4H3,(H2,19,20,21);1H. The highest BCUT2D eigenvalue weighted by atomic mass is 127. The smallest absolute Gasteiger partial charge is 0.191 e. The minimum Gasteiger partial charge on any atom is -0.374 e. The fourth-order valence-electron chi connectivity index (χ4n) is 1.99. The zero-order valence-electron chi connectivity index (χ0n) is 14.8. The molecule has 5 heteroatoms. The van der Waals surface area contributed by atoms with Gasteiger partial charge in [-0.3, -0.25) is 4.99 Å². The minimum absolute atomic E-state index is 0. The summed E-state index contributed by atoms with van der Waals surface area (Å²) in [5.74, 6) is 0.896. The second-order valence-corrected chi connectivity index (χ2v) is 5.49. The maximum Gasteiger partial charge on any atom is 0.191 e. The molecule has 0 saturated carbocycles. The van der Waals surface area contributed by atoms with Crippen molar-refractivity contribution in [3.63, 3.8) is 0 Å². The van der Waals surface area contributed by atoms with Crippen LogP contribution in [-0.2, 0) is 4.74 Å². The number of ether oxygens (including phenoxy) is 1. The molecule has 0 saturated heterocycles. The Balaban J connectivity index is 0.00000484. The molecule has 23 heavy (non-hydrogen) atoms. The molecule has 2 unspecified atom stereocenters. The average Bonchev–Trinajstić information content (AvgIpc) is 2.55. The van der Waals surface area contributed by atoms with E-state index >= 15 is 0 Å². The molecule has 1 aromatic rings. The molecular weight excluding hydrogens is 401 g/mol. The van der Waals surface area contributed by atoms with E-state index in [1.54, 1.807) is 0 Å². The molecule has 0 aliphatic carbocycles. The van der Waals surface area contributed by atoms with Crippen LogP contribution in [0.1, 0.15) is 52.2 Å². The largest absolute Gasteiger partial charge is 0.374 e. The summed E-state index contributed by atoms with van der Waals surface area (Å²) in [6.45, 7) is 10.9. The molecular formula is C18H32IN3O. The van der Waals surface area contributed by atoms with Crippen LogP contribution in [0.3, 0.4) is 0 Å². The van der Waals surface area contributed by atoms with Gasteiger partial charge in [0.25, 0.3) is 0 Å². The lowest BCUT2D eigenvalue weighted by molar-refractivity contribution is 0.0652. The van der Waals surface area contributed by atoms with Gasteiger partial charge in [0.05, 0.1) is 6.10 Å². The Hall–Kier alpha value is -0.820. The van der Waals surface area contributed by atoms with Crippen molar-refractivity contribution in [3.05, 3.63) is 35.9 Å². The van der Waals surface area contributed by atoms with E-state index in [1.807, 2.05) is 18.2 Å². The summed E-state index contributed by atoms with van der Waals surface area (Å²) in [7, 11) is 0. The summed E-state index contributed by atoms with van der Waals surface area (Å²) in [5, 5.41) is 6.66. The summed E-state index contributed by atoms with van der Waals surface area (Å²) in [5.41, 5.74) is 1.22. The third-order valence-corrected chi connectivity index (χ3v) is 3.55. The summed E-state index contributed by atoms with van der Waals surface area (Å²) < 4.78 is 5.86. The molecule has 2 N–H and O–H groups in total. The highest BCUT2D eigenvalue weighted by molar-refractivity contribution is 14.0. The predicted molar refractivity (Wildman–Crippen MR) is 110 cm³/mol. The molecule has 132 valence electrons. The quantitative estimate of drug-likeness (QED) is 0.267. The topological polar surface area (TPSA) is 45.7 Å². The molecule has 0 aliphatic rings. The molecule has 0 spiro atoms. The molecule has 0 aromatic heterocycles. The first-order valence-electron chi connectivity index (χ1n) is 8.38. The van der Waals surface area contributed by atoms with E-state index in [0.29, 0.717) is 6.04 Å². The lowest BCUT2D eigenvalue weighted by Gasteiger charge is -2.16. The fraction of sp³-hybridized carbons (Fsp3) is 0.611.